The van der Waals surface area contributed by atoms with Crippen LogP contribution in [0.1, 0.15) is 45.0 Å². The van der Waals surface area contributed by atoms with Gasteiger partial charge < -0.3 is 15.0 Å². The Labute approximate surface area is 184 Å². The van der Waals surface area contributed by atoms with Gasteiger partial charge in [0, 0.05) is 35.7 Å². The lowest BCUT2D eigenvalue weighted by atomic mass is 10.1. The third kappa shape index (κ3) is 5.77. The largest absolute Gasteiger partial charge is 0.372 e. The van der Waals surface area contributed by atoms with Crippen LogP contribution in [0.25, 0.3) is 0 Å². The van der Waals surface area contributed by atoms with Crippen LogP contribution in [-0.4, -0.2) is 44.4 Å². The van der Waals surface area contributed by atoms with E-state index in [1.54, 1.807) is 45.0 Å². The Balaban J connectivity index is 1.62. The molecule has 8 heteroatoms. The molecule has 0 spiro atoms. The van der Waals surface area contributed by atoms with Crippen molar-refractivity contribution in [3.63, 3.8) is 0 Å². The second kappa shape index (κ2) is 8.88. The molecule has 1 aliphatic heterocycles. The molecule has 2 aromatic carbocycles. The molecule has 1 fully saturated rings. The fraction of sp³-hybridized carbons (Fsp3) is 0.435. The van der Waals surface area contributed by atoms with Gasteiger partial charge in [0.15, 0.2) is 0 Å². The monoisotopic (exact) mass is 445 g/mol. The minimum absolute atomic E-state index is 0.180. The molecule has 31 heavy (non-hydrogen) atoms. The molecule has 1 heterocycles. The van der Waals surface area contributed by atoms with Gasteiger partial charge in [-0.25, -0.2) is 8.42 Å². The number of amides is 1. The number of nitrogens with zero attached hydrogens (tertiary/aromatic N) is 1. The third-order valence-corrected chi connectivity index (χ3v) is 7.23. The van der Waals surface area contributed by atoms with Crippen molar-refractivity contribution in [1.29, 1.82) is 0 Å². The molecule has 0 aromatic heterocycles. The standard InChI is InChI=1S/C23H31N3O4S/c1-16-14-26(15-17(2)30-16)21-12-10-19(11-13-21)24-22(27)18-6-8-20(9-7-18)25-31(28,29)23(3,4)5/h6-13,16-17,25H,14-15H2,1-5H3,(H,24,27)/t16-,17+. The van der Waals surface area contributed by atoms with Gasteiger partial charge in [0.1, 0.15) is 0 Å². The van der Waals surface area contributed by atoms with Crippen molar-refractivity contribution >= 4 is 33.0 Å². The van der Waals surface area contributed by atoms with Gasteiger partial charge in [-0.15, -0.1) is 0 Å². The lowest BCUT2D eigenvalue weighted by molar-refractivity contribution is -0.00521. The summed E-state index contributed by atoms with van der Waals surface area (Å²) in [6, 6.07) is 14.1. The summed E-state index contributed by atoms with van der Waals surface area (Å²) in [5, 5.41) is 2.88. The Hall–Kier alpha value is -2.58. The summed E-state index contributed by atoms with van der Waals surface area (Å²) in [5.41, 5.74) is 2.65. The van der Waals surface area contributed by atoms with Crippen LogP contribution in [0.5, 0.6) is 0 Å². The first-order chi connectivity index (χ1) is 14.4. The minimum Gasteiger partial charge on any atom is -0.372 e. The van der Waals surface area contributed by atoms with Crippen LogP contribution in [0.15, 0.2) is 48.5 Å². The lowest BCUT2D eigenvalue weighted by Crippen LogP contribution is -2.45. The molecule has 2 N–H and O–H groups in total. The second-order valence-corrected chi connectivity index (χ2v) is 11.4. The Kier molecular flexibility index (Phi) is 6.62. The van der Waals surface area contributed by atoms with Crippen LogP contribution in [0.4, 0.5) is 17.1 Å². The minimum atomic E-state index is -3.52. The van der Waals surface area contributed by atoms with E-state index in [-0.39, 0.29) is 18.1 Å². The molecule has 0 radical (unpaired) electrons. The molecule has 1 amide bonds. The van der Waals surface area contributed by atoms with Crippen molar-refractivity contribution in [2.45, 2.75) is 51.6 Å². The highest BCUT2D eigenvalue weighted by Crippen LogP contribution is 2.23. The fourth-order valence-electron chi connectivity index (χ4n) is 3.35. The second-order valence-electron chi connectivity index (χ2n) is 8.96. The molecule has 3 rings (SSSR count). The number of morpholine rings is 1. The smallest absolute Gasteiger partial charge is 0.255 e. The number of hydrogen-bond acceptors (Lipinski definition) is 5. The Morgan fingerprint density at radius 2 is 1.45 bits per heavy atom. The molecule has 0 aliphatic carbocycles. The van der Waals surface area contributed by atoms with Crippen LogP contribution < -0.4 is 14.9 Å². The van der Waals surface area contributed by atoms with Gasteiger partial charge in [0.25, 0.3) is 5.91 Å². The summed E-state index contributed by atoms with van der Waals surface area (Å²) in [7, 11) is -3.52. The maximum Gasteiger partial charge on any atom is 0.255 e. The number of nitrogens with one attached hydrogen (secondary N) is 2. The first-order valence-corrected chi connectivity index (χ1v) is 11.9. The molecule has 168 valence electrons. The van der Waals surface area contributed by atoms with Crippen LogP contribution in [0.3, 0.4) is 0 Å². The van der Waals surface area contributed by atoms with Crippen molar-refractivity contribution in [3.05, 3.63) is 54.1 Å². The summed E-state index contributed by atoms with van der Waals surface area (Å²) in [6.07, 6.45) is 0.359. The van der Waals surface area contributed by atoms with Crippen LogP contribution in [0, 0.1) is 0 Å². The fourth-order valence-corrected chi connectivity index (χ4v) is 4.10. The van der Waals surface area contributed by atoms with E-state index in [0.717, 1.165) is 18.8 Å². The lowest BCUT2D eigenvalue weighted by Gasteiger charge is -2.36. The SMILES string of the molecule is C[C@@H]1CN(c2ccc(NC(=O)c3ccc(NS(=O)(=O)C(C)(C)C)cc3)cc2)C[C@H](C)O1. The van der Waals surface area contributed by atoms with Gasteiger partial charge in [-0.05, 0) is 83.1 Å². The van der Waals surface area contributed by atoms with Crippen LogP contribution in [-0.2, 0) is 14.8 Å². The van der Waals surface area contributed by atoms with Gasteiger partial charge in [0.05, 0.1) is 17.0 Å². The predicted octanol–water partition coefficient (Wildman–Crippen LogP) is 4.09. The van der Waals surface area contributed by atoms with E-state index in [9.17, 15) is 13.2 Å². The van der Waals surface area contributed by atoms with Crippen molar-refractivity contribution < 1.29 is 17.9 Å². The highest BCUT2D eigenvalue weighted by Gasteiger charge is 2.29. The quantitative estimate of drug-likeness (QED) is 0.724. The van der Waals surface area contributed by atoms with Gasteiger partial charge in [-0.1, -0.05) is 0 Å². The molecule has 2 aromatic rings. The molecule has 1 aliphatic rings. The summed E-state index contributed by atoms with van der Waals surface area (Å²) in [4.78, 5) is 14.8. The number of sulfonamides is 1. The summed E-state index contributed by atoms with van der Waals surface area (Å²) in [5.74, 6) is -0.258. The zero-order chi connectivity index (χ0) is 22.8. The molecule has 0 saturated carbocycles. The number of anilines is 3. The molecular formula is C23H31N3O4S. The van der Waals surface area contributed by atoms with Crippen LogP contribution >= 0.6 is 0 Å². The summed E-state index contributed by atoms with van der Waals surface area (Å²) in [6.45, 7) is 10.7. The van der Waals surface area contributed by atoms with E-state index < -0.39 is 14.8 Å². The van der Waals surface area contributed by atoms with Gasteiger partial charge in [0.2, 0.25) is 10.0 Å². The number of benzene rings is 2. The average molecular weight is 446 g/mol. The maximum absolute atomic E-state index is 12.6. The average Bonchev–Trinajstić information content (AvgIpc) is 2.67. The van der Waals surface area contributed by atoms with E-state index in [1.165, 1.54) is 0 Å². The Morgan fingerprint density at radius 3 is 1.97 bits per heavy atom. The van der Waals surface area contributed by atoms with E-state index in [0.29, 0.717) is 16.9 Å². The van der Waals surface area contributed by atoms with E-state index in [2.05, 4.69) is 28.8 Å². The summed E-state index contributed by atoms with van der Waals surface area (Å²) < 4.78 is 31.9. The number of hydrogen-bond donors (Lipinski definition) is 2. The zero-order valence-electron chi connectivity index (χ0n) is 18.7. The molecule has 7 nitrogen and oxygen atoms in total. The molecular weight excluding hydrogens is 414 g/mol. The zero-order valence-corrected chi connectivity index (χ0v) is 19.5. The maximum atomic E-state index is 12.6. The van der Waals surface area contributed by atoms with Crippen molar-refractivity contribution in [3.8, 4) is 0 Å². The first-order valence-electron chi connectivity index (χ1n) is 10.4. The van der Waals surface area contributed by atoms with Crippen LogP contribution in [0.2, 0.25) is 0 Å². The predicted molar refractivity (Wildman–Crippen MR) is 125 cm³/mol. The molecule has 0 bridgehead atoms. The van der Waals surface area contributed by atoms with Gasteiger partial charge in [-0.2, -0.15) is 0 Å². The Bertz CT molecular complexity index is 1000. The Morgan fingerprint density at radius 1 is 0.935 bits per heavy atom. The van der Waals surface area contributed by atoms with Gasteiger partial charge in [-0.3, -0.25) is 9.52 Å². The van der Waals surface area contributed by atoms with Crippen molar-refractivity contribution in [2.24, 2.45) is 0 Å². The molecule has 1 saturated heterocycles. The van der Waals surface area contributed by atoms with E-state index in [4.69, 9.17) is 4.74 Å². The highest BCUT2D eigenvalue weighted by atomic mass is 32.2. The van der Waals surface area contributed by atoms with E-state index >= 15 is 0 Å². The van der Waals surface area contributed by atoms with E-state index in [1.807, 2.05) is 24.3 Å². The summed E-state index contributed by atoms with van der Waals surface area (Å²) >= 11 is 0. The topological polar surface area (TPSA) is 87.7 Å². The van der Waals surface area contributed by atoms with Crippen molar-refractivity contribution in [2.75, 3.05) is 28.0 Å². The van der Waals surface area contributed by atoms with Gasteiger partial charge >= 0.3 is 0 Å². The molecule has 0 unspecified atom stereocenters. The number of rotatable bonds is 5. The first kappa shape index (κ1) is 23.1. The number of ether oxygens (including phenoxy) is 1. The normalized spacial score (nSPS) is 19.7. The molecule has 2 atom stereocenters. The third-order valence-electron chi connectivity index (χ3n) is 5.12. The highest BCUT2D eigenvalue weighted by molar-refractivity contribution is 7.94. The van der Waals surface area contributed by atoms with Crippen molar-refractivity contribution in [1.82, 2.24) is 0 Å². The number of carbonyl (C=O) groups excluding carboxylic acids is 1. The number of carbonyl (C=O) groups is 1.